The van der Waals surface area contributed by atoms with Crippen LogP contribution < -0.4 is 0 Å². The lowest BCUT2D eigenvalue weighted by Gasteiger charge is -2.10. The summed E-state index contributed by atoms with van der Waals surface area (Å²) in [7, 11) is 0. The average molecular weight is 152 g/mol. The monoisotopic (exact) mass is 152 g/mol. The summed E-state index contributed by atoms with van der Waals surface area (Å²) >= 11 is 0. The molecule has 1 heterocycles. The van der Waals surface area contributed by atoms with Crippen LogP contribution in [0, 0.1) is 0 Å². The van der Waals surface area contributed by atoms with Gasteiger partial charge in [0.05, 0.1) is 0 Å². The van der Waals surface area contributed by atoms with E-state index in [9.17, 15) is 0 Å². The third-order valence-corrected chi connectivity index (χ3v) is 2.09. The van der Waals surface area contributed by atoms with Gasteiger partial charge in [0.15, 0.2) is 0 Å². The molecule has 2 nitrogen and oxygen atoms in total. The topological polar surface area (TPSA) is 28.7 Å². The Labute approximate surface area is 68.0 Å². The zero-order valence-corrected chi connectivity index (χ0v) is 7.30. The lowest BCUT2D eigenvalue weighted by Crippen LogP contribution is -1.96. The Morgan fingerprint density at radius 2 is 2.36 bits per heavy atom. The molecule has 62 valence electrons. The van der Waals surface area contributed by atoms with Crippen LogP contribution in [0.1, 0.15) is 44.7 Å². The van der Waals surface area contributed by atoms with Crippen molar-refractivity contribution in [1.29, 1.82) is 0 Å². The Morgan fingerprint density at radius 3 is 2.82 bits per heavy atom. The first-order chi connectivity index (χ1) is 5.38. The molecule has 0 aliphatic carbocycles. The van der Waals surface area contributed by atoms with Gasteiger partial charge in [-0.2, -0.15) is 5.10 Å². The van der Waals surface area contributed by atoms with Gasteiger partial charge in [0.1, 0.15) is 0 Å². The Morgan fingerprint density at radius 1 is 1.55 bits per heavy atom. The van der Waals surface area contributed by atoms with Crippen LogP contribution in [0.3, 0.4) is 0 Å². The molecule has 1 aromatic rings. The number of hydrogen-bond donors (Lipinski definition) is 1. The van der Waals surface area contributed by atoms with Crippen molar-refractivity contribution in [2.75, 3.05) is 0 Å². The van der Waals surface area contributed by atoms with Crippen molar-refractivity contribution >= 4 is 0 Å². The molecule has 0 aliphatic rings. The number of nitrogens with zero attached hydrogens (tertiary/aromatic N) is 1. The molecule has 0 fully saturated rings. The van der Waals surface area contributed by atoms with E-state index < -0.39 is 0 Å². The fourth-order valence-corrected chi connectivity index (χ4v) is 1.42. The molecule has 0 spiro atoms. The Hall–Kier alpha value is -0.790. The summed E-state index contributed by atoms with van der Waals surface area (Å²) in [6.45, 7) is 4.44. The van der Waals surface area contributed by atoms with Gasteiger partial charge in [-0.3, -0.25) is 5.10 Å². The Kier molecular flexibility index (Phi) is 3.14. The van der Waals surface area contributed by atoms with Gasteiger partial charge in [-0.25, -0.2) is 0 Å². The Balaban J connectivity index is 2.56. The summed E-state index contributed by atoms with van der Waals surface area (Å²) in [4.78, 5) is 0. The molecule has 1 aromatic heterocycles. The summed E-state index contributed by atoms with van der Waals surface area (Å²) in [5.41, 5.74) is 1.29. The molecule has 0 saturated carbocycles. The van der Waals surface area contributed by atoms with Crippen LogP contribution in [-0.4, -0.2) is 10.2 Å². The van der Waals surface area contributed by atoms with Crippen LogP contribution in [0.2, 0.25) is 0 Å². The van der Waals surface area contributed by atoms with Crippen molar-refractivity contribution in [2.45, 2.75) is 39.0 Å². The predicted molar refractivity (Wildman–Crippen MR) is 46.5 cm³/mol. The third kappa shape index (κ3) is 2.07. The molecule has 1 rings (SSSR count). The zero-order chi connectivity index (χ0) is 8.10. The quantitative estimate of drug-likeness (QED) is 0.706. The highest BCUT2D eigenvalue weighted by atomic mass is 15.1. The van der Waals surface area contributed by atoms with Crippen molar-refractivity contribution in [2.24, 2.45) is 0 Å². The smallest absolute Gasteiger partial charge is 0.0490 e. The van der Waals surface area contributed by atoms with Crippen LogP contribution in [0.5, 0.6) is 0 Å². The van der Waals surface area contributed by atoms with E-state index in [0.29, 0.717) is 5.92 Å². The summed E-state index contributed by atoms with van der Waals surface area (Å²) in [5.74, 6) is 0.683. The molecule has 0 saturated heterocycles. The first kappa shape index (κ1) is 8.31. The third-order valence-electron chi connectivity index (χ3n) is 2.09. The second-order valence-corrected chi connectivity index (χ2v) is 2.91. The van der Waals surface area contributed by atoms with Gasteiger partial charge < -0.3 is 0 Å². The lowest BCUT2D eigenvalue weighted by atomic mass is 9.97. The van der Waals surface area contributed by atoms with Crippen LogP contribution in [0.25, 0.3) is 0 Å². The first-order valence-electron chi connectivity index (χ1n) is 4.37. The molecule has 0 amide bonds. The van der Waals surface area contributed by atoms with Gasteiger partial charge in [-0.05, 0) is 18.9 Å². The fraction of sp³-hybridized carbons (Fsp3) is 0.667. The number of aromatic amines is 1. The molecule has 2 heteroatoms. The molecular formula is C9H16N2. The SMILES string of the molecule is CCCC(CC)c1ccn[nH]1. The van der Waals surface area contributed by atoms with Crippen LogP contribution in [-0.2, 0) is 0 Å². The lowest BCUT2D eigenvalue weighted by molar-refractivity contribution is 0.579. The second-order valence-electron chi connectivity index (χ2n) is 2.91. The molecule has 0 aliphatic heterocycles. The number of hydrogen-bond acceptors (Lipinski definition) is 1. The molecule has 0 radical (unpaired) electrons. The zero-order valence-electron chi connectivity index (χ0n) is 7.30. The Bertz CT molecular complexity index is 179. The van der Waals surface area contributed by atoms with E-state index in [1.54, 1.807) is 0 Å². The van der Waals surface area contributed by atoms with Crippen LogP contribution in [0.15, 0.2) is 12.3 Å². The molecule has 11 heavy (non-hydrogen) atoms. The van der Waals surface area contributed by atoms with Gasteiger partial charge in [0.2, 0.25) is 0 Å². The van der Waals surface area contributed by atoms with Crippen molar-refractivity contribution in [3.05, 3.63) is 18.0 Å². The second kappa shape index (κ2) is 4.16. The maximum absolute atomic E-state index is 3.95. The van der Waals surface area contributed by atoms with E-state index in [1.807, 2.05) is 6.20 Å². The number of H-pyrrole nitrogens is 1. The molecule has 1 N–H and O–H groups in total. The number of rotatable bonds is 4. The van der Waals surface area contributed by atoms with E-state index in [4.69, 9.17) is 0 Å². The number of aromatic nitrogens is 2. The van der Waals surface area contributed by atoms with Gasteiger partial charge in [-0.15, -0.1) is 0 Å². The van der Waals surface area contributed by atoms with E-state index in [1.165, 1.54) is 25.0 Å². The standard InChI is InChI=1S/C9H16N2/c1-3-5-8(4-2)9-6-7-10-11-9/h6-8H,3-5H2,1-2H3,(H,10,11). The highest BCUT2D eigenvalue weighted by Crippen LogP contribution is 2.21. The van der Waals surface area contributed by atoms with Crippen molar-refractivity contribution < 1.29 is 0 Å². The van der Waals surface area contributed by atoms with Crippen molar-refractivity contribution in [1.82, 2.24) is 10.2 Å². The van der Waals surface area contributed by atoms with E-state index in [2.05, 4.69) is 30.1 Å². The van der Waals surface area contributed by atoms with E-state index >= 15 is 0 Å². The van der Waals surface area contributed by atoms with Gasteiger partial charge in [-0.1, -0.05) is 20.3 Å². The molecule has 0 aromatic carbocycles. The average Bonchev–Trinajstić information content (AvgIpc) is 2.52. The highest BCUT2D eigenvalue weighted by molar-refractivity contribution is 5.04. The van der Waals surface area contributed by atoms with Gasteiger partial charge in [0, 0.05) is 17.8 Å². The minimum absolute atomic E-state index is 0.683. The summed E-state index contributed by atoms with van der Waals surface area (Å²) in [6, 6.07) is 2.07. The van der Waals surface area contributed by atoms with Gasteiger partial charge >= 0.3 is 0 Å². The van der Waals surface area contributed by atoms with E-state index in [0.717, 1.165) is 0 Å². The van der Waals surface area contributed by atoms with Crippen LogP contribution >= 0.6 is 0 Å². The maximum Gasteiger partial charge on any atom is 0.0490 e. The largest absolute Gasteiger partial charge is 0.282 e. The van der Waals surface area contributed by atoms with E-state index in [-0.39, 0.29) is 0 Å². The highest BCUT2D eigenvalue weighted by Gasteiger charge is 2.07. The summed E-state index contributed by atoms with van der Waals surface area (Å²) in [5, 5.41) is 6.97. The first-order valence-corrected chi connectivity index (χ1v) is 4.37. The molecule has 1 unspecified atom stereocenters. The normalized spacial score (nSPS) is 13.3. The molecular weight excluding hydrogens is 136 g/mol. The van der Waals surface area contributed by atoms with Crippen molar-refractivity contribution in [3.63, 3.8) is 0 Å². The summed E-state index contributed by atoms with van der Waals surface area (Å²) < 4.78 is 0. The minimum Gasteiger partial charge on any atom is -0.282 e. The van der Waals surface area contributed by atoms with Crippen molar-refractivity contribution in [3.8, 4) is 0 Å². The number of nitrogens with one attached hydrogen (secondary N) is 1. The minimum atomic E-state index is 0.683. The molecule has 0 bridgehead atoms. The molecule has 1 atom stereocenters. The fourth-order valence-electron chi connectivity index (χ4n) is 1.42. The predicted octanol–water partition coefficient (Wildman–Crippen LogP) is 2.70. The summed E-state index contributed by atoms with van der Waals surface area (Å²) in [6.07, 6.45) is 5.54. The van der Waals surface area contributed by atoms with Crippen LogP contribution in [0.4, 0.5) is 0 Å². The maximum atomic E-state index is 3.95. The van der Waals surface area contributed by atoms with Gasteiger partial charge in [0.25, 0.3) is 0 Å².